The van der Waals surface area contributed by atoms with Crippen molar-refractivity contribution in [2.45, 2.75) is 57.8 Å². The monoisotopic (exact) mass is 239 g/mol. The summed E-state index contributed by atoms with van der Waals surface area (Å²) in [7, 11) is 0. The van der Waals surface area contributed by atoms with Crippen LogP contribution in [0.25, 0.3) is 0 Å². The minimum atomic E-state index is 0.727. The van der Waals surface area contributed by atoms with Crippen molar-refractivity contribution in [3.8, 4) is 0 Å². The zero-order valence-electron chi connectivity index (χ0n) is 9.86. The molecule has 0 spiro atoms. The second-order valence-corrected chi connectivity index (χ2v) is 4.01. The molecule has 0 rings (SSSR count). The molecule has 0 saturated heterocycles. The molecule has 0 aliphatic rings. The lowest BCUT2D eigenvalue weighted by Crippen LogP contribution is -1.81. The van der Waals surface area contributed by atoms with Gasteiger partial charge in [0.2, 0.25) is 0 Å². The fourth-order valence-electron chi connectivity index (χ4n) is 1.53. The molecule has 0 aromatic rings. The van der Waals surface area contributed by atoms with Gasteiger partial charge in [0.25, 0.3) is 0 Å². The van der Waals surface area contributed by atoms with Crippen LogP contribution in [0.15, 0.2) is 17.3 Å². The van der Waals surface area contributed by atoms with Crippen molar-refractivity contribution in [2.24, 2.45) is 4.99 Å². The average molecular weight is 239 g/mol. The summed E-state index contributed by atoms with van der Waals surface area (Å²) in [5.41, 5.74) is 0. The molecule has 0 aromatic carbocycles. The van der Waals surface area contributed by atoms with E-state index in [1.54, 1.807) is 6.20 Å². The number of isothiocyanates is 1. The quantitative estimate of drug-likeness (QED) is 0.233. The van der Waals surface area contributed by atoms with Crippen molar-refractivity contribution in [3.63, 3.8) is 0 Å². The third kappa shape index (κ3) is 13.2. The smallest absolute Gasteiger partial charge is 0.119 e. The number of aliphatic imine (C=N–C) groups is 1. The molecule has 0 saturated carbocycles. The van der Waals surface area contributed by atoms with Gasteiger partial charge in [-0.25, -0.2) is 4.99 Å². The Hall–Kier alpha value is -0.790. The molecule has 0 heterocycles. The Morgan fingerprint density at radius 3 is 2.06 bits per heavy atom. The molecule has 0 bridgehead atoms. The van der Waals surface area contributed by atoms with E-state index in [0.717, 1.165) is 25.5 Å². The molecule has 0 unspecified atom stereocenters. The second-order valence-electron chi connectivity index (χ2n) is 3.82. The number of carbonyl (C=O) groups is 1. The molecule has 0 radical (unpaired) electrons. The molecule has 0 amide bonds. The first kappa shape index (κ1) is 15.2. The van der Waals surface area contributed by atoms with Crippen molar-refractivity contribution >= 4 is 23.7 Å². The van der Waals surface area contributed by atoms with Gasteiger partial charge in [-0.05, 0) is 31.5 Å². The summed E-state index contributed by atoms with van der Waals surface area (Å²) in [5, 5.41) is 2.30. The van der Waals surface area contributed by atoms with Crippen LogP contribution in [-0.4, -0.2) is 11.4 Å². The van der Waals surface area contributed by atoms with Crippen LogP contribution in [0.5, 0.6) is 0 Å². The van der Waals surface area contributed by atoms with Gasteiger partial charge in [0.05, 0.1) is 5.16 Å². The largest absolute Gasteiger partial charge is 0.303 e. The maximum Gasteiger partial charge on any atom is 0.119 e. The standard InChI is InChI=1S/C13H21NOS/c15-12-10-8-6-4-2-1-3-5-7-9-11-14-13-16/h9,11-12H,1-8,10H2/b11-9-. The maximum atomic E-state index is 10.1. The highest BCUT2D eigenvalue weighted by molar-refractivity contribution is 7.78. The molecular weight excluding hydrogens is 218 g/mol. The van der Waals surface area contributed by atoms with E-state index in [0.29, 0.717) is 0 Å². The number of thiocarbonyl (C=S) groups is 1. The van der Waals surface area contributed by atoms with E-state index in [1.165, 1.54) is 38.5 Å². The number of allylic oxidation sites excluding steroid dienone is 1. The Kier molecular flexibility index (Phi) is 13.5. The number of aldehydes is 1. The van der Waals surface area contributed by atoms with Crippen LogP contribution in [0.4, 0.5) is 0 Å². The summed E-state index contributed by atoms with van der Waals surface area (Å²) in [6, 6.07) is 0. The molecule has 0 aliphatic carbocycles. The summed E-state index contributed by atoms with van der Waals surface area (Å²) in [4.78, 5) is 13.8. The fourth-order valence-corrected chi connectivity index (χ4v) is 1.59. The van der Waals surface area contributed by atoms with Crippen molar-refractivity contribution in [1.29, 1.82) is 0 Å². The number of hydrogen-bond donors (Lipinski definition) is 0. The topological polar surface area (TPSA) is 29.4 Å². The summed E-state index contributed by atoms with van der Waals surface area (Å²) in [6.07, 6.45) is 15.2. The average Bonchev–Trinajstić information content (AvgIpc) is 2.31. The van der Waals surface area contributed by atoms with E-state index in [1.807, 2.05) is 6.08 Å². The maximum absolute atomic E-state index is 10.1. The number of hydrogen-bond acceptors (Lipinski definition) is 3. The highest BCUT2D eigenvalue weighted by Crippen LogP contribution is 2.09. The first-order chi connectivity index (χ1) is 7.91. The van der Waals surface area contributed by atoms with E-state index in [2.05, 4.69) is 22.4 Å². The highest BCUT2D eigenvalue weighted by Gasteiger charge is 1.90. The summed E-state index contributed by atoms with van der Waals surface area (Å²) >= 11 is 4.44. The number of unbranched alkanes of at least 4 members (excludes halogenated alkanes) is 8. The van der Waals surface area contributed by atoms with Gasteiger partial charge in [0, 0.05) is 12.6 Å². The van der Waals surface area contributed by atoms with Crippen LogP contribution in [-0.2, 0) is 4.79 Å². The summed E-state index contributed by atoms with van der Waals surface area (Å²) in [6.45, 7) is 0. The Morgan fingerprint density at radius 1 is 0.938 bits per heavy atom. The van der Waals surface area contributed by atoms with Crippen molar-refractivity contribution < 1.29 is 4.79 Å². The molecule has 0 fully saturated rings. The van der Waals surface area contributed by atoms with Crippen LogP contribution < -0.4 is 0 Å². The van der Waals surface area contributed by atoms with Crippen LogP contribution in [0.1, 0.15) is 57.8 Å². The molecule has 0 N–H and O–H groups in total. The predicted molar refractivity (Wildman–Crippen MR) is 71.8 cm³/mol. The van der Waals surface area contributed by atoms with Gasteiger partial charge in [-0.15, -0.1) is 0 Å². The van der Waals surface area contributed by atoms with E-state index in [4.69, 9.17) is 0 Å². The Morgan fingerprint density at radius 2 is 1.50 bits per heavy atom. The molecule has 0 aliphatic heterocycles. The van der Waals surface area contributed by atoms with Gasteiger partial charge in [0.1, 0.15) is 6.29 Å². The van der Waals surface area contributed by atoms with Gasteiger partial charge in [0.15, 0.2) is 0 Å². The van der Waals surface area contributed by atoms with Gasteiger partial charge in [-0.2, -0.15) is 0 Å². The zero-order valence-corrected chi connectivity index (χ0v) is 10.7. The minimum Gasteiger partial charge on any atom is -0.303 e. The lowest BCUT2D eigenvalue weighted by atomic mass is 10.1. The van der Waals surface area contributed by atoms with Crippen molar-refractivity contribution in [1.82, 2.24) is 0 Å². The SMILES string of the molecule is O=CCCCCCCCCC/C=C\N=C=S. The van der Waals surface area contributed by atoms with Crippen molar-refractivity contribution in [3.05, 3.63) is 12.3 Å². The van der Waals surface area contributed by atoms with Crippen LogP contribution in [0.3, 0.4) is 0 Å². The van der Waals surface area contributed by atoms with Crippen molar-refractivity contribution in [2.75, 3.05) is 0 Å². The van der Waals surface area contributed by atoms with Crippen LogP contribution >= 0.6 is 12.2 Å². The number of nitrogens with zero attached hydrogens (tertiary/aromatic N) is 1. The van der Waals surface area contributed by atoms with E-state index >= 15 is 0 Å². The zero-order chi connectivity index (χ0) is 11.9. The summed E-state index contributed by atoms with van der Waals surface area (Å²) in [5.74, 6) is 0. The molecule has 90 valence electrons. The molecule has 0 atom stereocenters. The van der Waals surface area contributed by atoms with E-state index < -0.39 is 0 Å². The second kappa shape index (κ2) is 14.2. The molecule has 0 aromatic heterocycles. The van der Waals surface area contributed by atoms with Gasteiger partial charge >= 0.3 is 0 Å². The minimum absolute atomic E-state index is 0.727. The van der Waals surface area contributed by atoms with Crippen LogP contribution in [0.2, 0.25) is 0 Å². The highest BCUT2D eigenvalue weighted by atomic mass is 32.1. The summed E-state index contributed by atoms with van der Waals surface area (Å²) < 4.78 is 0. The van der Waals surface area contributed by atoms with Gasteiger partial charge in [-0.3, -0.25) is 0 Å². The first-order valence-corrected chi connectivity index (χ1v) is 6.48. The lowest BCUT2D eigenvalue weighted by Gasteiger charge is -1.99. The Balaban J connectivity index is 3.03. The fraction of sp³-hybridized carbons (Fsp3) is 0.692. The number of carbonyl (C=O) groups excluding carboxylic acids is 1. The van der Waals surface area contributed by atoms with Gasteiger partial charge in [-0.1, -0.05) is 38.2 Å². The Bertz CT molecular complexity index is 232. The third-order valence-corrected chi connectivity index (χ3v) is 2.53. The van der Waals surface area contributed by atoms with Crippen LogP contribution in [0, 0.1) is 0 Å². The first-order valence-electron chi connectivity index (χ1n) is 6.07. The lowest BCUT2D eigenvalue weighted by molar-refractivity contribution is -0.107. The molecule has 16 heavy (non-hydrogen) atoms. The Labute approximate surface area is 104 Å². The van der Waals surface area contributed by atoms with Gasteiger partial charge < -0.3 is 4.79 Å². The molecular formula is C13H21NOS. The number of rotatable bonds is 11. The molecule has 2 nitrogen and oxygen atoms in total. The normalized spacial score (nSPS) is 10.2. The predicted octanol–water partition coefficient (Wildman–Crippen LogP) is 4.31. The van der Waals surface area contributed by atoms with E-state index in [9.17, 15) is 4.79 Å². The third-order valence-electron chi connectivity index (χ3n) is 2.43. The van der Waals surface area contributed by atoms with E-state index in [-0.39, 0.29) is 0 Å². The molecule has 3 heteroatoms.